The Bertz CT molecular complexity index is 934. The maximum atomic E-state index is 11.5. The molecule has 0 fully saturated rings. The van der Waals surface area contributed by atoms with E-state index in [-0.39, 0.29) is 18.1 Å². The summed E-state index contributed by atoms with van der Waals surface area (Å²) in [6, 6.07) is 15.6. The quantitative estimate of drug-likeness (QED) is 0.496. The van der Waals surface area contributed by atoms with Gasteiger partial charge in [-0.05, 0) is 62.7 Å². The van der Waals surface area contributed by atoms with E-state index < -0.39 is 0 Å². The third-order valence-electron chi connectivity index (χ3n) is 4.25. The second-order valence-electron chi connectivity index (χ2n) is 6.99. The summed E-state index contributed by atoms with van der Waals surface area (Å²) in [5.74, 6) is 1.62. The third kappa shape index (κ3) is 5.81. The van der Waals surface area contributed by atoms with E-state index >= 15 is 0 Å². The summed E-state index contributed by atoms with van der Waals surface area (Å²) in [5, 5.41) is 4.57. The molecule has 0 saturated heterocycles. The average molecular weight is 411 g/mol. The first kappa shape index (κ1) is 20.9. The topological polar surface area (TPSA) is 60.5 Å². The number of nitrogens with zero attached hydrogens (tertiary/aromatic N) is 1. The van der Waals surface area contributed by atoms with Crippen molar-refractivity contribution in [2.24, 2.45) is 0 Å². The van der Waals surface area contributed by atoms with E-state index in [2.05, 4.69) is 10.3 Å². The van der Waals surface area contributed by atoms with Crippen LogP contribution in [0, 0.1) is 0 Å². The standard InChI is InChI=1S/C23H26N2O3S/c1-5-21(26)25-16(4)17-6-10-20(11-7-17)28-22-14-24-23(29-22)18-8-12-19(13-9-18)27-15(2)3/h6-16H,5H2,1-4H3,(H,25,26). The zero-order valence-electron chi connectivity index (χ0n) is 17.1. The molecule has 152 valence electrons. The SMILES string of the molecule is CCC(=O)NC(C)c1ccc(Oc2cnc(-c3ccc(OC(C)C)cc3)s2)cc1. The van der Waals surface area contributed by atoms with Crippen molar-refractivity contribution < 1.29 is 14.3 Å². The normalized spacial score (nSPS) is 11.9. The smallest absolute Gasteiger partial charge is 0.220 e. The van der Waals surface area contributed by atoms with Crippen molar-refractivity contribution in [1.82, 2.24) is 10.3 Å². The van der Waals surface area contributed by atoms with Crippen LogP contribution >= 0.6 is 11.3 Å². The Labute approximate surface area is 175 Å². The number of benzene rings is 2. The molecule has 1 aromatic heterocycles. The highest BCUT2D eigenvalue weighted by Crippen LogP contribution is 2.34. The molecule has 1 unspecified atom stereocenters. The van der Waals surface area contributed by atoms with Crippen LogP contribution in [0.2, 0.25) is 0 Å². The van der Waals surface area contributed by atoms with Gasteiger partial charge in [0.2, 0.25) is 11.0 Å². The van der Waals surface area contributed by atoms with Gasteiger partial charge in [-0.1, -0.05) is 30.4 Å². The number of amides is 1. The third-order valence-corrected chi connectivity index (χ3v) is 5.18. The van der Waals surface area contributed by atoms with Gasteiger partial charge in [0, 0.05) is 12.0 Å². The van der Waals surface area contributed by atoms with Crippen molar-refractivity contribution in [3.63, 3.8) is 0 Å². The summed E-state index contributed by atoms with van der Waals surface area (Å²) in [6.07, 6.45) is 2.36. The van der Waals surface area contributed by atoms with Gasteiger partial charge < -0.3 is 14.8 Å². The van der Waals surface area contributed by atoms with E-state index in [9.17, 15) is 4.79 Å². The van der Waals surface area contributed by atoms with Gasteiger partial charge in [-0.3, -0.25) is 4.79 Å². The highest BCUT2D eigenvalue weighted by Gasteiger charge is 2.10. The lowest BCUT2D eigenvalue weighted by Crippen LogP contribution is -2.25. The van der Waals surface area contributed by atoms with Gasteiger partial charge in [0.25, 0.3) is 0 Å². The number of nitrogens with one attached hydrogen (secondary N) is 1. The Morgan fingerprint density at radius 1 is 1.03 bits per heavy atom. The van der Waals surface area contributed by atoms with Crippen LogP contribution in [0.4, 0.5) is 0 Å². The zero-order valence-corrected chi connectivity index (χ0v) is 18.0. The molecule has 3 rings (SSSR count). The van der Waals surface area contributed by atoms with E-state index in [4.69, 9.17) is 9.47 Å². The molecule has 1 N–H and O–H groups in total. The zero-order chi connectivity index (χ0) is 20.8. The first-order chi connectivity index (χ1) is 13.9. The van der Waals surface area contributed by atoms with Gasteiger partial charge in [0.15, 0.2) is 0 Å². The minimum absolute atomic E-state index is 0.0332. The molecule has 0 aliphatic rings. The minimum atomic E-state index is -0.0332. The molecule has 0 aliphatic carbocycles. The van der Waals surface area contributed by atoms with E-state index in [0.29, 0.717) is 6.42 Å². The number of carbonyl (C=O) groups excluding carboxylic acids is 1. The van der Waals surface area contributed by atoms with Crippen LogP contribution in [0.1, 0.15) is 45.7 Å². The van der Waals surface area contributed by atoms with Crippen molar-refractivity contribution in [1.29, 1.82) is 0 Å². The van der Waals surface area contributed by atoms with Crippen molar-refractivity contribution in [2.75, 3.05) is 0 Å². The fourth-order valence-electron chi connectivity index (χ4n) is 2.76. The second-order valence-corrected chi connectivity index (χ2v) is 7.98. The largest absolute Gasteiger partial charge is 0.491 e. The molecule has 1 atom stereocenters. The molecule has 29 heavy (non-hydrogen) atoms. The van der Waals surface area contributed by atoms with Gasteiger partial charge in [-0.15, -0.1) is 0 Å². The lowest BCUT2D eigenvalue weighted by Gasteiger charge is -2.14. The lowest BCUT2D eigenvalue weighted by molar-refractivity contribution is -0.121. The number of hydrogen-bond acceptors (Lipinski definition) is 5. The number of ether oxygens (including phenoxy) is 2. The Morgan fingerprint density at radius 3 is 2.31 bits per heavy atom. The minimum Gasteiger partial charge on any atom is -0.491 e. The molecular weight excluding hydrogens is 384 g/mol. The highest BCUT2D eigenvalue weighted by molar-refractivity contribution is 7.16. The molecule has 5 nitrogen and oxygen atoms in total. The molecule has 0 aliphatic heterocycles. The molecule has 0 spiro atoms. The molecule has 1 heterocycles. The van der Waals surface area contributed by atoms with Gasteiger partial charge >= 0.3 is 0 Å². The Kier molecular flexibility index (Phi) is 6.88. The van der Waals surface area contributed by atoms with Crippen LogP contribution in [0.25, 0.3) is 10.6 Å². The predicted octanol–water partition coefficient (Wildman–Crippen LogP) is 5.98. The predicted molar refractivity (Wildman–Crippen MR) is 117 cm³/mol. The first-order valence-corrected chi connectivity index (χ1v) is 10.6. The van der Waals surface area contributed by atoms with E-state index in [0.717, 1.165) is 32.7 Å². The number of carbonyl (C=O) groups is 1. The van der Waals surface area contributed by atoms with Gasteiger partial charge in [-0.25, -0.2) is 4.98 Å². The van der Waals surface area contributed by atoms with Crippen molar-refractivity contribution in [3.8, 4) is 27.1 Å². The molecule has 0 saturated carbocycles. The van der Waals surface area contributed by atoms with Gasteiger partial charge in [0.1, 0.15) is 16.5 Å². The molecule has 2 aromatic carbocycles. The highest BCUT2D eigenvalue weighted by atomic mass is 32.1. The van der Waals surface area contributed by atoms with Crippen molar-refractivity contribution in [3.05, 3.63) is 60.3 Å². The number of aromatic nitrogens is 1. The number of hydrogen-bond donors (Lipinski definition) is 1. The average Bonchev–Trinajstić information content (AvgIpc) is 3.17. The summed E-state index contributed by atoms with van der Waals surface area (Å²) < 4.78 is 11.6. The van der Waals surface area contributed by atoms with Crippen molar-refractivity contribution in [2.45, 2.75) is 46.3 Å². The second kappa shape index (κ2) is 9.56. The van der Waals surface area contributed by atoms with Gasteiger partial charge in [0.05, 0.1) is 18.3 Å². The number of thiazole rings is 1. The van der Waals surface area contributed by atoms with E-state index in [1.807, 2.05) is 76.2 Å². The van der Waals surface area contributed by atoms with Crippen LogP contribution in [-0.4, -0.2) is 17.0 Å². The summed E-state index contributed by atoms with van der Waals surface area (Å²) in [7, 11) is 0. The maximum absolute atomic E-state index is 11.5. The maximum Gasteiger partial charge on any atom is 0.220 e. The molecule has 0 radical (unpaired) electrons. The van der Waals surface area contributed by atoms with E-state index in [1.54, 1.807) is 6.20 Å². The summed E-state index contributed by atoms with van der Waals surface area (Å²) in [5.41, 5.74) is 2.06. The summed E-state index contributed by atoms with van der Waals surface area (Å²) >= 11 is 1.49. The molecule has 3 aromatic rings. The fourth-order valence-corrected chi connectivity index (χ4v) is 3.55. The van der Waals surface area contributed by atoms with E-state index in [1.165, 1.54) is 11.3 Å². The van der Waals surface area contributed by atoms with Crippen LogP contribution in [0.5, 0.6) is 16.6 Å². The Hall–Kier alpha value is -2.86. The molecule has 1 amide bonds. The van der Waals surface area contributed by atoms with Crippen LogP contribution in [0.3, 0.4) is 0 Å². The fraction of sp³-hybridized carbons (Fsp3) is 0.304. The van der Waals surface area contributed by atoms with Crippen LogP contribution < -0.4 is 14.8 Å². The molecule has 0 bridgehead atoms. The Morgan fingerprint density at radius 2 is 1.69 bits per heavy atom. The number of rotatable bonds is 8. The summed E-state index contributed by atoms with van der Waals surface area (Å²) in [6.45, 7) is 7.83. The van der Waals surface area contributed by atoms with Gasteiger partial charge in [-0.2, -0.15) is 0 Å². The monoisotopic (exact) mass is 410 g/mol. The van der Waals surface area contributed by atoms with Crippen LogP contribution in [-0.2, 0) is 4.79 Å². The Balaban J connectivity index is 1.63. The van der Waals surface area contributed by atoms with Crippen LogP contribution in [0.15, 0.2) is 54.7 Å². The van der Waals surface area contributed by atoms with Crippen molar-refractivity contribution >= 4 is 17.2 Å². The first-order valence-electron chi connectivity index (χ1n) is 9.74. The summed E-state index contributed by atoms with van der Waals surface area (Å²) in [4.78, 5) is 16.0. The molecular formula is C23H26N2O3S. The lowest BCUT2D eigenvalue weighted by atomic mass is 10.1. The molecule has 6 heteroatoms.